The van der Waals surface area contributed by atoms with E-state index in [1.54, 1.807) is 18.3 Å². The van der Waals surface area contributed by atoms with Crippen LogP contribution in [0.15, 0.2) is 53.5 Å². The molecule has 0 aliphatic carbocycles. The summed E-state index contributed by atoms with van der Waals surface area (Å²) >= 11 is 6.60. The Bertz CT molecular complexity index is 1160. The van der Waals surface area contributed by atoms with Gasteiger partial charge in [-0.25, -0.2) is 0 Å². The third kappa shape index (κ3) is 2.77. The molecule has 0 spiro atoms. The van der Waals surface area contributed by atoms with Crippen LogP contribution in [-0.2, 0) is 0 Å². The zero-order valence-corrected chi connectivity index (χ0v) is 14.9. The Balaban J connectivity index is 1.81. The molecule has 5 nitrogen and oxygen atoms in total. The lowest BCUT2D eigenvalue weighted by Crippen LogP contribution is -2.22. The maximum atomic E-state index is 11.1. The number of carbonyl (C=O) groups excluding carboxylic acids is 1. The number of para-hydroxylation sites is 1. The van der Waals surface area contributed by atoms with E-state index in [1.165, 1.54) is 28.0 Å². The minimum Gasteiger partial charge on any atom is -0.545 e. The highest BCUT2D eigenvalue weighted by Crippen LogP contribution is 2.36. The molecule has 0 bridgehead atoms. The highest BCUT2D eigenvalue weighted by atomic mass is 32.1. The molecule has 0 unspecified atom stereocenters. The van der Waals surface area contributed by atoms with Gasteiger partial charge in [-0.3, -0.25) is 9.56 Å². The van der Waals surface area contributed by atoms with E-state index in [-0.39, 0.29) is 11.4 Å². The Labute approximate surface area is 157 Å². The van der Waals surface area contributed by atoms with E-state index < -0.39 is 5.97 Å². The van der Waals surface area contributed by atoms with Crippen molar-refractivity contribution in [3.63, 3.8) is 0 Å². The Morgan fingerprint density at radius 3 is 2.85 bits per heavy atom. The summed E-state index contributed by atoms with van der Waals surface area (Å²) in [7, 11) is 0. The lowest BCUT2D eigenvalue weighted by molar-refractivity contribution is -0.255. The molecule has 0 amide bonds. The van der Waals surface area contributed by atoms with Crippen LogP contribution in [0.1, 0.15) is 20.8 Å². The molecule has 2 heterocycles. The molecule has 2 aromatic carbocycles. The number of carbonyl (C=O) groups is 1. The van der Waals surface area contributed by atoms with E-state index in [0.717, 1.165) is 16.8 Å². The standard InChI is InChI=1S/C19H12N2O3S2/c22-17-16(9-12-10-20-15-7-2-1-6-14(12)15)26-19(25)21(17)13-5-3-4-11(8-13)18(23)24/h1-10,22H,(H,23,24)/p-1. The van der Waals surface area contributed by atoms with Crippen LogP contribution in [0.4, 0.5) is 5.69 Å². The van der Waals surface area contributed by atoms with Gasteiger partial charge in [-0.2, -0.15) is 0 Å². The molecule has 0 saturated heterocycles. The number of thiazole rings is 1. The summed E-state index contributed by atoms with van der Waals surface area (Å²) in [6.45, 7) is 0. The number of rotatable bonds is 3. The number of benzene rings is 2. The lowest BCUT2D eigenvalue weighted by atomic mass is 10.1. The molecular weight excluding hydrogens is 368 g/mol. The van der Waals surface area contributed by atoms with Crippen LogP contribution >= 0.6 is 23.6 Å². The average Bonchev–Trinajstić information content (AvgIpc) is 3.16. The van der Waals surface area contributed by atoms with E-state index in [2.05, 4.69) is 4.99 Å². The maximum absolute atomic E-state index is 11.1. The van der Waals surface area contributed by atoms with Gasteiger partial charge in [0.25, 0.3) is 0 Å². The number of hydrogen-bond acceptors (Lipinski definition) is 6. The molecule has 1 aliphatic rings. The van der Waals surface area contributed by atoms with E-state index >= 15 is 0 Å². The Morgan fingerprint density at radius 2 is 2.04 bits per heavy atom. The molecule has 0 fully saturated rings. The lowest BCUT2D eigenvalue weighted by Gasteiger charge is -2.08. The Morgan fingerprint density at radius 1 is 1.23 bits per heavy atom. The largest absolute Gasteiger partial charge is 0.545 e. The number of allylic oxidation sites excluding steroid dienone is 1. The number of carboxylic acid groups (broad SMARTS) is 1. The van der Waals surface area contributed by atoms with Gasteiger partial charge in [0, 0.05) is 17.4 Å². The number of fused-ring (bicyclic) bond motifs is 1. The second kappa shape index (κ2) is 6.36. The highest BCUT2D eigenvalue weighted by Gasteiger charge is 2.16. The molecule has 4 rings (SSSR count). The first-order valence-corrected chi connectivity index (χ1v) is 8.89. The van der Waals surface area contributed by atoms with E-state index in [4.69, 9.17) is 12.2 Å². The minimum absolute atomic E-state index is 0.0201. The number of aromatic carboxylic acids is 1. The van der Waals surface area contributed by atoms with Gasteiger partial charge in [-0.05, 0) is 42.1 Å². The molecule has 1 N–H and O–H groups in total. The van der Waals surface area contributed by atoms with Crippen molar-refractivity contribution in [1.29, 1.82) is 0 Å². The molecule has 3 aromatic rings. The van der Waals surface area contributed by atoms with Gasteiger partial charge >= 0.3 is 0 Å². The van der Waals surface area contributed by atoms with Crippen molar-refractivity contribution in [3.8, 4) is 11.6 Å². The molecule has 0 atom stereocenters. The van der Waals surface area contributed by atoms with Crippen LogP contribution in [-0.4, -0.2) is 21.9 Å². The number of aromatic hydroxyl groups is 1. The normalized spacial score (nSPS) is 13.9. The van der Waals surface area contributed by atoms with Gasteiger partial charge in [0.15, 0.2) is 3.95 Å². The molecule has 0 radical (unpaired) electrons. The Kier molecular flexibility index (Phi) is 4.02. The smallest absolute Gasteiger partial charge is 0.215 e. The summed E-state index contributed by atoms with van der Waals surface area (Å²) in [5, 5.41) is 21.7. The number of aromatic nitrogens is 1. The number of hydrogen-bond donors (Lipinski definition) is 1. The van der Waals surface area contributed by atoms with Crippen molar-refractivity contribution in [2.75, 3.05) is 0 Å². The number of carboxylic acids is 1. The fourth-order valence-electron chi connectivity index (χ4n) is 2.77. The second-order valence-corrected chi connectivity index (χ2v) is 7.28. The fraction of sp³-hybridized carbons (Fsp3) is 0. The summed E-state index contributed by atoms with van der Waals surface area (Å²) in [6.07, 6.45) is 3.57. The van der Waals surface area contributed by atoms with Gasteiger partial charge in [-0.1, -0.05) is 30.3 Å². The van der Waals surface area contributed by atoms with Crippen molar-refractivity contribution in [2.24, 2.45) is 4.99 Å². The van der Waals surface area contributed by atoms with Crippen molar-refractivity contribution in [2.45, 2.75) is 0 Å². The monoisotopic (exact) mass is 379 g/mol. The number of nitrogens with zero attached hydrogens (tertiary/aromatic N) is 2. The summed E-state index contributed by atoms with van der Waals surface area (Å²) in [5.74, 6) is -1.32. The topological polar surface area (TPSA) is 77.6 Å². The zero-order valence-electron chi connectivity index (χ0n) is 13.2. The molecule has 1 aliphatic heterocycles. The summed E-state index contributed by atoms with van der Waals surface area (Å²) in [6, 6.07) is 13.8. The number of aliphatic imine (C=N–C) groups is 1. The Hall–Kier alpha value is -3.03. The summed E-state index contributed by atoms with van der Waals surface area (Å²) < 4.78 is 1.85. The fourth-order valence-corrected chi connectivity index (χ4v) is 4.07. The van der Waals surface area contributed by atoms with Crippen molar-refractivity contribution in [3.05, 3.63) is 68.5 Å². The highest BCUT2D eigenvalue weighted by molar-refractivity contribution is 7.73. The molecule has 7 heteroatoms. The molecule has 0 saturated carbocycles. The first-order chi connectivity index (χ1) is 12.5. The molecule has 128 valence electrons. The van der Waals surface area contributed by atoms with Crippen LogP contribution in [0.5, 0.6) is 5.88 Å². The molecule has 1 aromatic heterocycles. The van der Waals surface area contributed by atoms with Crippen LogP contribution in [0, 0.1) is 3.95 Å². The van der Waals surface area contributed by atoms with Crippen LogP contribution in [0.25, 0.3) is 17.3 Å². The van der Waals surface area contributed by atoms with Crippen molar-refractivity contribution >= 4 is 53.1 Å². The van der Waals surface area contributed by atoms with Crippen molar-refractivity contribution in [1.82, 2.24) is 4.57 Å². The predicted octanol–water partition coefficient (Wildman–Crippen LogP) is 3.59. The van der Waals surface area contributed by atoms with Gasteiger partial charge < -0.3 is 15.0 Å². The quantitative estimate of drug-likeness (QED) is 0.706. The van der Waals surface area contributed by atoms with E-state index in [0.29, 0.717) is 14.5 Å². The van der Waals surface area contributed by atoms with Gasteiger partial charge in [0.05, 0.1) is 22.2 Å². The summed E-state index contributed by atoms with van der Waals surface area (Å²) in [4.78, 5) is 16.0. The first-order valence-electron chi connectivity index (χ1n) is 7.66. The summed E-state index contributed by atoms with van der Waals surface area (Å²) in [5.41, 5.74) is 3.23. The predicted molar refractivity (Wildman–Crippen MR) is 103 cm³/mol. The minimum atomic E-state index is -1.28. The van der Waals surface area contributed by atoms with E-state index in [1.807, 2.05) is 30.3 Å². The first kappa shape index (κ1) is 16.4. The van der Waals surface area contributed by atoms with Gasteiger partial charge in [-0.15, -0.1) is 11.3 Å². The van der Waals surface area contributed by atoms with Crippen LogP contribution in [0.3, 0.4) is 0 Å². The molecule has 26 heavy (non-hydrogen) atoms. The van der Waals surface area contributed by atoms with Crippen molar-refractivity contribution < 1.29 is 15.0 Å². The van der Waals surface area contributed by atoms with E-state index in [9.17, 15) is 15.0 Å². The van der Waals surface area contributed by atoms with Crippen LogP contribution < -0.4 is 5.11 Å². The third-order valence-electron chi connectivity index (χ3n) is 4.00. The van der Waals surface area contributed by atoms with Gasteiger partial charge in [0.1, 0.15) is 0 Å². The second-order valence-electron chi connectivity index (χ2n) is 5.60. The average molecular weight is 379 g/mol. The zero-order chi connectivity index (χ0) is 18.3. The maximum Gasteiger partial charge on any atom is 0.215 e. The van der Waals surface area contributed by atoms with Gasteiger partial charge in [0.2, 0.25) is 5.88 Å². The SMILES string of the molecule is O=C([O-])c1cccc(-n2c(O)c(C=C3C=Nc4ccccc43)sc2=S)c1. The third-order valence-corrected chi connectivity index (χ3v) is 5.31. The van der Waals surface area contributed by atoms with Crippen LogP contribution in [0.2, 0.25) is 0 Å². The molecular formula is C19H11N2O3S2-.